The molecule has 5 nitrogen and oxygen atoms in total. The first-order valence-electron chi connectivity index (χ1n) is 6.97. The zero-order valence-electron chi connectivity index (χ0n) is 12.7. The van der Waals surface area contributed by atoms with Crippen LogP contribution in [0, 0.1) is 0 Å². The second-order valence-electron chi connectivity index (χ2n) is 5.14. The number of carbonyl (C=O) groups is 1. The molecule has 2 aromatic rings. The van der Waals surface area contributed by atoms with E-state index in [0.29, 0.717) is 33.5 Å². The molecule has 0 aliphatic carbocycles. The Balaban J connectivity index is 2.71. The van der Waals surface area contributed by atoms with Gasteiger partial charge in [-0.1, -0.05) is 29.3 Å². The molecule has 8 heteroatoms. The lowest BCUT2D eigenvalue weighted by atomic mass is 10.0. The molecule has 1 heterocycles. The molecule has 0 fully saturated rings. The van der Waals surface area contributed by atoms with Gasteiger partial charge in [0.1, 0.15) is 12.4 Å². The van der Waals surface area contributed by atoms with E-state index in [1.807, 2.05) is 0 Å². The van der Waals surface area contributed by atoms with Crippen LogP contribution in [0.25, 0.3) is 11.3 Å². The fourth-order valence-corrected chi connectivity index (χ4v) is 2.64. The van der Waals surface area contributed by atoms with E-state index in [9.17, 15) is 9.18 Å². The Morgan fingerprint density at radius 2 is 2.13 bits per heavy atom. The summed E-state index contributed by atoms with van der Waals surface area (Å²) in [7, 11) is 1.72. The molecule has 124 valence electrons. The molecule has 1 amide bonds. The van der Waals surface area contributed by atoms with E-state index >= 15 is 0 Å². The molecule has 1 atom stereocenters. The molecule has 1 aromatic heterocycles. The Bertz CT molecular complexity index is 733. The number of amides is 1. The molecule has 0 radical (unpaired) electrons. The number of benzene rings is 1. The van der Waals surface area contributed by atoms with Crippen molar-refractivity contribution in [2.75, 3.05) is 13.7 Å². The average molecular weight is 359 g/mol. The summed E-state index contributed by atoms with van der Waals surface area (Å²) in [6.45, 7) is 1.39. The van der Waals surface area contributed by atoms with Gasteiger partial charge in [0.25, 0.3) is 5.91 Å². The van der Waals surface area contributed by atoms with Crippen molar-refractivity contribution in [1.29, 1.82) is 0 Å². The van der Waals surface area contributed by atoms with E-state index in [1.165, 1.54) is 4.68 Å². The first-order chi connectivity index (χ1) is 10.9. The Hall–Kier alpha value is -1.63. The number of alkyl halides is 1. The molecule has 0 aliphatic heterocycles. The highest BCUT2D eigenvalue weighted by Crippen LogP contribution is 2.32. The molecule has 1 aromatic carbocycles. The number of hydrogen-bond donors (Lipinski definition) is 2. The first-order valence-corrected chi connectivity index (χ1v) is 7.73. The van der Waals surface area contributed by atoms with Crippen molar-refractivity contribution in [3.8, 4) is 11.3 Å². The van der Waals surface area contributed by atoms with Crippen molar-refractivity contribution >= 4 is 29.1 Å². The van der Waals surface area contributed by atoms with Gasteiger partial charge in [-0.3, -0.25) is 9.48 Å². The van der Waals surface area contributed by atoms with Crippen molar-refractivity contribution in [2.24, 2.45) is 5.73 Å². The average Bonchev–Trinajstić information content (AvgIpc) is 2.89. The molecule has 1 unspecified atom stereocenters. The van der Waals surface area contributed by atoms with Gasteiger partial charge in [0.2, 0.25) is 0 Å². The van der Waals surface area contributed by atoms with Crippen molar-refractivity contribution in [1.82, 2.24) is 15.1 Å². The minimum Gasteiger partial charge on any atom is -0.365 e. The predicted molar refractivity (Wildman–Crippen MR) is 89.7 cm³/mol. The van der Waals surface area contributed by atoms with Crippen LogP contribution >= 0.6 is 23.2 Å². The maximum atomic E-state index is 13.1. The third-order valence-electron chi connectivity index (χ3n) is 3.43. The van der Waals surface area contributed by atoms with Crippen molar-refractivity contribution < 1.29 is 9.18 Å². The minimum absolute atomic E-state index is 0.248. The zero-order valence-corrected chi connectivity index (χ0v) is 14.2. The first kappa shape index (κ1) is 17.7. The summed E-state index contributed by atoms with van der Waals surface area (Å²) in [5.41, 5.74) is 7.27. The standard InChI is InChI=1S/C15H17Cl2FN4O/c1-8(6-18)22-12(7-20-2)13(15(19)23)14(21-22)9-3-4-10(16)11(17)5-9/h3-5,8,20H,6-7H2,1-2H3,(H2,19,23). The number of nitrogens with two attached hydrogens (primary N) is 1. The summed E-state index contributed by atoms with van der Waals surface area (Å²) in [5.74, 6) is -0.631. The number of primary amides is 1. The molecular weight excluding hydrogens is 342 g/mol. The summed E-state index contributed by atoms with van der Waals surface area (Å²) >= 11 is 12.0. The lowest BCUT2D eigenvalue weighted by molar-refractivity contribution is 0.0999. The van der Waals surface area contributed by atoms with E-state index in [4.69, 9.17) is 28.9 Å². The molecule has 0 saturated heterocycles. The monoisotopic (exact) mass is 358 g/mol. The van der Waals surface area contributed by atoms with Crippen LogP contribution in [0.5, 0.6) is 0 Å². The highest BCUT2D eigenvalue weighted by molar-refractivity contribution is 6.42. The molecule has 0 bridgehead atoms. The second-order valence-corrected chi connectivity index (χ2v) is 5.96. The zero-order chi connectivity index (χ0) is 17.1. The summed E-state index contributed by atoms with van der Waals surface area (Å²) in [6.07, 6.45) is 0. The van der Waals surface area contributed by atoms with Crippen molar-refractivity contribution in [2.45, 2.75) is 19.5 Å². The van der Waals surface area contributed by atoms with Gasteiger partial charge in [0.05, 0.1) is 27.3 Å². The smallest absolute Gasteiger partial charge is 0.252 e. The van der Waals surface area contributed by atoms with E-state index in [-0.39, 0.29) is 5.56 Å². The molecule has 0 spiro atoms. The van der Waals surface area contributed by atoms with Gasteiger partial charge >= 0.3 is 0 Å². The summed E-state index contributed by atoms with van der Waals surface area (Å²) in [4.78, 5) is 12.0. The Morgan fingerprint density at radius 3 is 2.65 bits per heavy atom. The number of aromatic nitrogens is 2. The molecular formula is C15H17Cl2FN4O. The van der Waals surface area contributed by atoms with Gasteiger partial charge in [-0.15, -0.1) is 0 Å². The largest absolute Gasteiger partial charge is 0.365 e. The lowest BCUT2D eigenvalue weighted by Crippen LogP contribution is -2.21. The predicted octanol–water partition coefficient (Wildman–Crippen LogP) is 3.21. The maximum Gasteiger partial charge on any atom is 0.252 e. The fraction of sp³-hybridized carbons (Fsp3) is 0.333. The van der Waals surface area contributed by atoms with Crippen LogP contribution in [0.15, 0.2) is 18.2 Å². The maximum absolute atomic E-state index is 13.1. The number of nitrogens with one attached hydrogen (secondary N) is 1. The third-order valence-corrected chi connectivity index (χ3v) is 4.17. The number of nitrogens with zero attached hydrogens (tertiary/aromatic N) is 2. The van der Waals surface area contributed by atoms with Crippen LogP contribution in [0.1, 0.15) is 29.0 Å². The van der Waals surface area contributed by atoms with E-state index in [2.05, 4.69) is 10.4 Å². The van der Waals surface area contributed by atoms with Crippen LogP contribution < -0.4 is 11.1 Å². The fourth-order valence-electron chi connectivity index (χ4n) is 2.34. The van der Waals surface area contributed by atoms with Gasteiger partial charge in [-0.25, -0.2) is 4.39 Å². The molecule has 0 aliphatic rings. The summed E-state index contributed by atoms with van der Waals surface area (Å²) in [6, 6.07) is 4.38. The van der Waals surface area contributed by atoms with Crippen LogP contribution in [0.2, 0.25) is 10.0 Å². The van der Waals surface area contributed by atoms with Gasteiger partial charge in [-0.2, -0.15) is 5.10 Å². The second kappa shape index (κ2) is 7.29. The van der Waals surface area contributed by atoms with Crippen LogP contribution in [-0.2, 0) is 6.54 Å². The highest BCUT2D eigenvalue weighted by atomic mass is 35.5. The summed E-state index contributed by atoms with van der Waals surface area (Å²) in [5, 5.41) is 8.07. The Kier molecular flexibility index (Phi) is 5.62. The van der Waals surface area contributed by atoms with Crippen LogP contribution in [0.4, 0.5) is 4.39 Å². The van der Waals surface area contributed by atoms with Crippen molar-refractivity contribution in [3.05, 3.63) is 39.5 Å². The number of halogens is 3. The molecule has 3 N–H and O–H groups in total. The lowest BCUT2D eigenvalue weighted by Gasteiger charge is -2.12. The minimum atomic E-state index is -0.631. The van der Waals surface area contributed by atoms with E-state index in [1.54, 1.807) is 32.2 Å². The third kappa shape index (κ3) is 3.49. The van der Waals surface area contributed by atoms with Gasteiger partial charge in [0, 0.05) is 12.1 Å². The molecule has 23 heavy (non-hydrogen) atoms. The van der Waals surface area contributed by atoms with E-state index in [0.717, 1.165) is 0 Å². The summed E-state index contributed by atoms with van der Waals surface area (Å²) < 4.78 is 14.6. The number of hydrogen-bond acceptors (Lipinski definition) is 3. The number of rotatable bonds is 6. The van der Waals surface area contributed by atoms with Gasteiger partial charge < -0.3 is 11.1 Å². The van der Waals surface area contributed by atoms with Crippen LogP contribution in [0.3, 0.4) is 0 Å². The Labute approximate surface area is 143 Å². The molecule has 2 rings (SSSR count). The SMILES string of the molecule is CNCc1c(C(N)=O)c(-c2ccc(Cl)c(Cl)c2)nn1C(C)CF. The quantitative estimate of drug-likeness (QED) is 0.832. The Morgan fingerprint density at radius 1 is 1.43 bits per heavy atom. The topological polar surface area (TPSA) is 72.9 Å². The van der Waals surface area contributed by atoms with Crippen LogP contribution in [-0.4, -0.2) is 29.4 Å². The van der Waals surface area contributed by atoms with Gasteiger partial charge in [-0.05, 0) is 26.1 Å². The molecule has 0 saturated carbocycles. The number of carbonyl (C=O) groups excluding carboxylic acids is 1. The van der Waals surface area contributed by atoms with Gasteiger partial charge in [0.15, 0.2) is 0 Å². The van der Waals surface area contributed by atoms with Crippen molar-refractivity contribution in [3.63, 3.8) is 0 Å². The highest BCUT2D eigenvalue weighted by Gasteiger charge is 2.25. The normalized spacial score (nSPS) is 12.4. The van der Waals surface area contributed by atoms with E-state index < -0.39 is 18.6 Å².